The fraction of sp³-hybridized carbons (Fsp3) is 0.889. The molecule has 0 fully saturated rings. The van der Waals surface area contributed by atoms with Crippen molar-refractivity contribution in [3.05, 3.63) is 12.7 Å². The molecule has 0 aliphatic rings. The Kier molecular flexibility index (Phi) is 32.7. The van der Waals surface area contributed by atoms with E-state index in [-0.39, 0.29) is 70.6 Å². The fourth-order valence-corrected chi connectivity index (χ4v) is 3.32. The molecule has 0 radical (unpaired) electrons. The van der Waals surface area contributed by atoms with E-state index in [1.54, 1.807) is 0 Å². The molecule has 0 aliphatic carbocycles. The minimum atomic E-state index is -3.79. The summed E-state index contributed by atoms with van der Waals surface area (Å²) in [6.07, 6.45) is 17.1. The van der Waals surface area contributed by atoms with Gasteiger partial charge in [-0.15, -0.1) is 6.58 Å². The van der Waals surface area contributed by atoms with Gasteiger partial charge in [0.2, 0.25) is 0 Å². The summed E-state index contributed by atoms with van der Waals surface area (Å²) in [5.41, 5.74) is 0. The van der Waals surface area contributed by atoms with E-state index in [1.807, 2.05) is 0 Å². The van der Waals surface area contributed by atoms with E-state index in [1.165, 1.54) is 64.2 Å². The maximum absolute atomic E-state index is 10.5. The van der Waals surface area contributed by atoms with Crippen molar-refractivity contribution in [2.75, 3.05) is 11.5 Å². The van der Waals surface area contributed by atoms with E-state index in [9.17, 15) is 16.8 Å². The van der Waals surface area contributed by atoms with Gasteiger partial charge in [-0.2, -0.15) is 16.8 Å². The first kappa shape index (κ1) is 36.9. The van der Waals surface area contributed by atoms with Crippen LogP contribution in [0.1, 0.15) is 90.4 Å². The van der Waals surface area contributed by atoms with Crippen molar-refractivity contribution >= 4 is 79.4 Å². The molecule has 0 unspecified atom stereocenters. The van der Waals surface area contributed by atoms with Crippen LogP contribution in [0.2, 0.25) is 0 Å². The third-order valence-corrected chi connectivity index (χ3v) is 5.30. The number of hydrogen-bond donors (Lipinski definition) is 2. The van der Waals surface area contributed by atoms with Gasteiger partial charge in [0, 0.05) is 0 Å². The second-order valence-corrected chi connectivity index (χ2v) is 9.64. The summed E-state index contributed by atoms with van der Waals surface area (Å²) in [7, 11) is -7.53. The van der Waals surface area contributed by atoms with Crippen molar-refractivity contribution in [1.29, 1.82) is 0 Å². The average Bonchev–Trinajstić information content (AvgIpc) is 2.50. The molecule has 0 saturated carbocycles. The molecule has 2 N–H and O–H groups in total. The predicted molar refractivity (Wildman–Crippen MR) is 123 cm³/mol. The molecule has 0 aromatic heterocycles. The molecular weight excluding hydrogens is 422 g/mol. The molecule has 0 bridgehead atoms. The standard InChI is InChI=1S/C15H32O3S.C3H6O3S.2Na.2H/c1-2-3-4-5-6-7-8-9-10-11-12-13-14-15-19(16,17)18;1-2-3-7(4,5)6;;;;/h2-15H2,1H3,(H,16,17,18);2H,1,3H2,(H,4,5,6);;;;. The second kappa shape index (κ2) is 24.8. The minimum absolute atomic E-state index is 0. The van der Waals surface area contributed by atoms with Gasteiger partial charge in [0.1, 0.15) is 0 Å². The van der Waals surface area contributed by atoms with Crippen LogP contribution in [0.4, 0.5) is 0 Å². The van der Waals surface area contributed by atoms with Gasteiger partial charge < -0.3 is 0 Å². The van der Waals surface area contributed by atoms with E-state index < -0.39 is 20.2 Å². The van der Waals surface area contributed by atoms with Crippen LogP contribution in [0, 0.1) is 0 Å². The first-order chi connectivity index (χ1) is 12.1. The molecule has 0 saturated heterocycles. The summed E-state index contributed by atoms with van der Waals surface area (Å²) >= 11 is 0. The Bertz CT molecular complexity index is 522. The van der Waals surface area contributed by atoms with E-state index in [2.05, 4.69) is 13.5 Å². The van der Waals surface area contributed by atoms with Gasteiger partial charge in [0.25, 0.3) is 20.2 Å². The van der Waals surface area contributed by atoms with Crippen molar-refractivity contribution in [2.45, 2.75) is 90.4 Å². The van der Waals surface area contributed by atoms with Crippen molar-refractivity contribution in [1.82, 2.24) is 0 Å². The quantitative estimate of drug-likeness (QED) is 0.157. The first-order valence-corrected chi connectivity index (χ1v) is 12.9. The van der Waals surface area contributed by atoms with Crippen LogP contribution in [0.25, 0.3) is 0 Å². The van der Waals surface area contributed by atoms with Crippen LogP contribution >= 0.6 is 0 Å². The Morgan fingerprint density at radius 3 is 1.18 bits per heavy atom. The average molecular weight is 463 g/mol. The van der Waals surface area contributed by atoms with E-state index in [4.69, 9.17) is 9.11 Å². The molecule has 0 heterocycles. The van der Waals surface area contributed by atoms with Gasteiger partial charge >= 0.3 is 59.1 Å². The van der Waals surface area contributed by atoms with Crippen LogP contribution in [0.15, 0.2) is 12.7 Å². The van der Waals surface area contributed by atoms with Crippen molar-refractivity contribution in [3.63, 3.8) is 0 Å². The third kappa shape index (κ3) is 41.8. The Balaban J connectivity index is -0.000000274. The summed E-state index contributed by atoms with van der Waals surface area (Å²) in [6.45, 7) is 5.35. The van der Waals surface area contributed by atoms with Crippen LogP contribution in [0.3, 0.4) is 0 Å². The summed E-state index contributed by atoms with van der Waals surface area (Å²) in [6, 6.07) is 0. The van der Waals surface area contributed by atoms with Gasteiger partial charge in [-0.1, -0.05) is 90.0 Å². The van der Waals surface area contributed by atoms with Crippen molar-refractivity contribution in [2.24, 2.45) is 0 Å². The van der Waals surface area contributed by atoms with Gasteiger partial charge in [0.05, 0.1) is 11.5 Å². The Labute approximate surface area is 217 Å². The zero-order valence-electron chi connectivity index (χ0n) is 16.2. The topological polar surface area (TPSA) is 109 Å². The molecule has 10 heteroatoms. The Morgan fingerprint density at radius 2 is 0.964 bits per heavy atom. The molecule has 0 rings (SSSR count). The fourth-order valence-electron chi connectivity index (χ4n) is 2.45. The molecule has 0 aromatic rings. The molecule has 28 heavy (non-hydrogen) atoms. The van der Waals surface area contributed by atoms with Gasteiger partial charge in [-0.3, -0.25) is 9.11 Å². The monoisotopic (exact) mass is 462 g/mol. The summed E-state index contributed by atoms with van der Waals surface area (Å²) < 4.78 is 56.9. The molecule has 0 spiro atoms. The zero-order valence-corrected chi connectivity index (χ0v) is 17.9. The zero-order chi connectivity index (χ0) is 20.3. The predicted octanol–water partition coefficient (Wildman–Crippen LogP) is 3.73. The second-order valence-electron chi connectivity index (χ2n) is 6.57. The number of hydrogen-bond acceptors (Lipinski definition) is 4. The molecule has 0 atom stereocenters. The number of unbranched alkanes of at least 4 members (excludes halogenated alkanes) is 12. The van der Waals surface area contributed by atoms with Crippen LogP contribution in [-0.4, -0.2) is 96.6 Å². The molecule has 0 aliphatic heterocycles. The Hall–Kier alpha value is 1.56. The SMILES string of the molecule is C=CCS(=O)(=O)O.CCCCCCCCCCCCCCCS(=O)(=O)O.[NaH].[NaH]. The van der Waals surface area contributed by atoms with Crippen molar-refractivity contribution < 1.29 is 25.9 Å². The third-order valence-electron chi connectivity index (χ3n) is 3.83. The summed E-state index contributed by atoms with van der Waals surface area (Å²) in [5.74, 6) is -0.447. The van der Waals surface area contributed by atoms with E-state index in [0.717, 1.165) is 18.9 Å². The van der Waals surface area contributed by atoms with Gasteiger partial charge in [-0.25, -0.2) is 0 Å². The number of rotatable bonds is 16. The molecule has 6 nitrogen and oxygen atoms in total. The Morgan fingerprint density at radius 1 is 0.643 bits per heavy atom. The molecule has 162 valence electrons. The van der Waals surface area contributed by atoms with Crippen LogP contribution in [0.5, 0.6) is 0 Å². The summed E-state index contributed by atoms with van der Waals surface area (Å²) in [5, 5.41) is 0. The van der Waals surface area contributed by atoms with E-state index >= 15 is 0 Å². The molecular formula is C18H40Na2O6S2. The van der Waals surface area contributed by atoms with E-state index in [0.29, 0.717) is 6.42 Å². The summed E-state index contributed by atoms with van der Waals surface area (Å²) in [4.78, 5) is 0. The van der Waals surface area contributed by atoms with Gasteiger partial charge in [0.15, 0.2) is 0 Å². The normalized spacial score (nSPS) is 10.8. The van der Waals surface area contributed by atoms with Gasteiger partial charge in [-0.05, 0) is 6.42 Å². The van der Waals surface area contributed by atoms with Crippen LogP contribution in [-0.2, 0) is 20.2 Å². The van der Waals surface area contributed by atoms with Crippen molar-refractivity contribution in [3.8, 4) is 0 Å². The molecule has 0 aromatic carbocycles. The first-order valence-electron chi connectivity index (χ1n) is 9.63. The maximum atomic E-state index is 10.5. The van der Waals surface area contributed by atoms with Crippen LogP contribution < -0.4 is 0 Å². The molecule has 0 amide bonds.